The van der Waals surface area contributed by atoms with Crippen molar-refractivity contribution in [2.45, 2.75) is 19.7 Å². The van der Waals surface area contributed by atoms with E-state index in [1.54, 1.807) is 23.5 Å². The molecule has 2 aliphatic heterocycles. The maximum absolute atomic E-state index is 6.73. The minimum absolute atomic E-state index is 0.711. The molecule has 5 heteroatoms. The van der Waals surface area contributed by atoms with Gasteiger partial charge in [0, 0.05) is 11.1 Å². The average molecular weight is 492 g/mol. The summed E-state index contributed by atoms with van der Waals surface area (Å²) >= 11 is 3.45. The molecule has 0 fully saturated rings. The van der Waals surface area contributed by atoms with E-state index in [1.807, 2.05) is 36.4 Å². The average Bonchev–Trinajstić information content (AvgIpc) is 3.66. The van der Waals surface area contributed by atoms with Crippen LogP contribution >= 0.6 is 23.5 Å². The molecule has 0 amide bonds. The van der Waals surface area contributed by atoms with E-state index in [0.29, 0.717) is 0 Å². The highest BCUT2D eigenvalue weighted by Gasteiger charge is 2.49. The predicted octanol–water partition coefficient (Wildman–Crippen LogP) is 7.79. The van der Waals surface area contributed by atoms with Gasteiger partial charge in [-0.1, -0.05) is 108 Å². The second-order valence-electron chi connectivity index (χ2n) is 8.55. The molecule has 0 saturated carbocycles. The number of para-hydroxylation sites is 2. The van der Waals surface area contributed by atoms with Crippen molar-refractivity contribution in [3.8, 4) is 11.5 Å². The summed E-state index contributed by atoms with van der Waals surface area (Å²) in [4.78, 5) is 4.59. The van der Waals surface area contributed by atoms with E-state index in [1.165, 1.54) is 0 Å². The van der Waals surface area contributed by atoms with Gasteiger partial charge < -0.3 is 14.5 Å². The number of ether oxygens (including phenoxy) is 2. The first kappa shape index (κ1) is 20.8. The molecule has 0 bridgehead atoms. The number of hydrogen-bond acceptors (Lipinski definition) is 4. The molecule has 7 rings (SSSR count). The number of thioether (sulfide) groups is 2. The fraction of sp³-hybridized carbons (Fsp3) is 0.0667. The first-order valence-electron chi connectivity index (χ1n) is 11.5. The summed E-state index contributed by atoms with van der Waals surface area (Å²) in [5, 5.41) is 0. The summed E-state index contributed by atoms with van der Waals surface area (Å²) in [7, 11) is 0. The summed E-state index contributed by atoms with van der Waals surface area (Å²) < 4.78 is 13.5. The molecule has 2 aliphatic rings. The smallest absolute Gasteiger partial charge is 0.225 e. The van der Waals surface area contributed by atoms with Crippen molar-refractivity contribution in [2.24, 2.45) is 0 Å². The summed E-state index contributed by atoms with van der Waals surface area (Å²) in [6.45, 7) is 0. The number of aromatic amines is 1. The van der Waals surface area contributed by atoms with Crippen LogP contribution in [0.4, 0.5) is 0 Å². The molecule has 0 aliphatic carbocycles. The normalized spacial score (nSPS) is 22.2. The molecule has 3 heterocycles. The van der Waals surface area contributed by atoms with E-state index in [-0.39, 0.29) is 0 Å². The Kier molecular flexibility index (Phi) is 4.76. The maximum atomic E-state index is 6.73. The second kappa shape index (κ2) is 8.01. The van der Waals surface area contributed by atoms with Crippen molar-refractivity contribution in [3.63, 3.8) is 0 Å². The van der Waals surface area contributed by atoms with Gasteiger partial charge in [-0.25, -0.2) is 0 Å². The van der Waals surface area contributed by atoms with E-state index in [0.717, 1.165) is 43.8 Å². The molecule has 1 aromatic heterocycles. The van der Waals surface area contributed by atoms with Crippen LogP contribution in [-0.2, 0) is 9.87 Å². The van der Waals surface area contributed by atoms with Crippen molar-refractivity contribution in [2.75, 3.05) is 0 Å². The molecule has 3 nitrogen and oxygen atoms in total. The Labute approximate surface area is 212 Å². The summed E-state index contributed by atoms with van der Waals surface area (Å²) in [6, 6.07) is 41.6. The van der Waals surface area contributed by atoms with Crippen LogP contribution in [0.15, 0.2) is 131 Å². The van der Waals surface area contributed by atoms with Crippen LogP contribution < -0.4 is 9.47 Å². The summed E-state index contributed by atoms with van der Waals surface area (Å²) in [6.07, 6.45) is 0. The number of nitrogens with one attached hydrogen (secondary N) is 1. The van der Waals surface area contributed by atoms with Gasteiger partial charge in [0.15, 0.2) is 0 Å². The van der Waals surface area contributed by atoms with Crippen LogP contribution in [0.2, 0.25) is 0 Å². The van der Waals surface area contributed by atoms with Gasteiger partial charge in [0.05, 0.1) is 21.2 Å². The number of aromatic nitrogens is 1. The highest BCUT2D eigenvalue weighted by molar-refractivity contribution is 8.01. The first-order valence-corrected chi connectivity index (χ1v) is 13.2. The topological polar surface area (TPSA) is 34.2 Å². The van der Waals surface area contributed by atoms with Gasteiger partial charge in [-0.3, -0.25) is 0 Å². The molecule has 4 aromatic carbocycles. The monoisotopic (exact) mass is 491 g/mol. The molecular weight excluding hydrogens is 470 g/mol. The molecule has 5 aromatic rings. The van der Waals surface area contributed by atoms with Crippen molar-refractivity contribution >= 4 is 23.5 Å². The molecule has 0 unspecified atom stereocenters. The second-order valence-corrected chi connectivity index (χ2v) is 11.0. The summed E-state index contributed by atoms with van der Waals surface area (Å²) in [5.74, 6) is 1.79. The fourth-order valence-corrected chi connectivity index (χ4v) is 7.32. The zero-order valence-corrected chi connectivity index (χ0v) is 20.3. The number of benzene rings is 4. The van der Waals surface area contributed by atoms with Gasteiger partial charge in [0.2, 0.25) is 9.87 Å². The first-order chi connectivity index (χ1) is 17.3. The molecule has 0 spiro atoms. The third-order valence-corrected chi connectivity index (χ3v) is 9.18. The molecule has 1 N–H and O–H groups in total. The molecule has 2 atom stereocenters. The van der Waals surface area contributed by atoms with Gasteiger partial charge in [-0.2, -0.15) is 0 Å². The fourth-order valence-electron chi connectivity index (χ4n) is 4.76. The minimum Gasteiger partial charge on any atom is -0.465 e. The van der Waals surface area contributed by atoms with E-state index in [4.69, 9.17) is 9.47 Å². The third-order valence-electron chi connectivity index (χ3n) is 6.42. The van der Waals surface area contributed by atoms with Crippen LogP contribution in [0.3, 0.4) is 0 Å². The molecule has 0 saturated heterocycles. The van der Waals surface area contributed by atoms with Gasteiger partial charge >= 0.3 is 0 Å². The van der Waals surface area contributed by atoms with Gasteiger partial charge in [-0.05, 0) is 36.4 Å². The van der Waals surface area contributed by atoms with Crippen LogP contribution in [0.1, 0.15) is 22.5 Å². The number of hydrogen-bond donors (Lipinski definition) is 1. The lowest BCUT2D eigenvalue weighted by atomic mass is 10.1. The van der Waals surface area contributed by atoms with E-state index in [2.05, 4.69) is 89.9 Å². The van der Waals surface area contributed by atoms with Crippen molar-refractivity contribution in [1.29, 1.82) is 0 Å². The van der Waals surface area contributed by atoms with E-state index in [9.17, 15) is 0 Å². The Morgan fingerprint density at radius 1 is 0.457 bits per heavy atom. The highest BCUT2D eigenvalue weighted by Crippen LogP contribution is 2.58. The van der Waals surface area contributed by atoms with E-state index >= 15 is 0 Å². The van der Waals surface area contributed by atoms with Gasteiger partial charge in [0.1, 0.15) is 11.5 Å². The molecule has 35 heavy (non-hydrogen) atoms. The highest BCUT2D eigenvalue weighted by atomic mass is 32.2. The number of H-pyrrole nitrogens is 1. The predicted molar refractivity (Wildman–Crippen MR) is 141 cm³/mol. The quantitative estimate of drug-likeness (QED) is 0.278. The SMILES string of the molecule is c1ccc([C@@]2(c3ccc([C@]4(c5ccccc5)Oc5ccccc5S4)[nH]3)Oc3ccccc3S2)cc1. The Bertz CT molecular complexity index is 1350. The largest absolute Gasteiger partial charge is 0.465 e. The summed E-state index contributed by atoms with van der Waals surface area (Å²) in [5.41, 5.74) is 4.14. The van der Waals surface area contributed by atoms with E-state index < -0.39 is 9.87 Å². The lowest BCUT2D eigenvalue weighted by Gasteiger charge is -2.29. The minimum atomic E-state index is -0.711. The lowest BCUT2D eigenvalue weighted by Crippen LogP contribution is -2.30. The van der Waals surface area contributed by atoms with Crippen LogP contribution in [0.5, 0.6) is 11.5 Å². The third kappa shape index (κ3) is 3.23. The zero-order chi connectivity index (χ0) is 23.3. The molecule has 0 radical (unpaired) electrons. The standard InChI is InChI=1S/C30H21NO2S2/c1-3-11-21(12-4-1)29(32-23-15-7-9-17-25(23)34-29)27-19-20-28(31-27)30(22-13-5-2-6-14-22)33-24-16-8-10-18-26(24)35-30/h1-20,31H/t29-,30-/m1/s1. The maximum Gasteiger partial charge on any atom is 0.225 e. The Morgan fingerprint density at radius 3 is 1.29 bits per heavy atom. The van der Waals surface area contributed by atoms with Crippen LogP contribution in [-0.4, -0.2) is 4.98 Å². The molecule has 170 valence electrons. The van der Waals surface area contributed by atoms with Gasteiger partial charge in [0.25, 0.3) is 0 Å². The van der Waals surface area contributed by atoms with Crippen molar-refractivity contribution in [3.05, 3.63) is 144 Å². The van der Waals surface area contributed by atoms with Gasteiger partial charge in [-0.15, -0.1) is 0 Å². The Balaban J connectivity index is 1.38. The lowest BCUT2D eigenvalue weighted by molar-refractivity contribution is 0.204. The molecular formula is C30H21NO2S2. The Morgan fingerprint density at radius 2 is 0.857 bits per heavy atom. The number of rotatable bonds is 4. The van der Waals surface area contributed by atoms with Crippen LogP contribution in [0, 0.1) is 0 Å². The van der Waals surface area contributed by atoms with Crippen molar-refractivity contribution in [1.82, 2.24) is 4.98 Å². The van der Waals surface area contributed by atoms with Crippen molar-refractivity contribution < 1.29 is 9.47 Å². The Hall–Kier alpha value is -3.54. The number of fused-ring (bicyclic) bond motifs is 2. The van der Waals surface area contributed by atoms with Crippen LogP contribution in [0.25, 0.3) is 0 Å². The zero-order valence-electron chi connectivity index (χ0n) is 18.7.